The minimum atomic E-state index is -0.932. The molecule has 0 radical (unpaired) electrons. The quantitative estimate of drug-likeness (QED) is 0.176. The normalized spacial score (nSPS) is 16.9. The number of thiazole rings is 1. The lowest BCUT2D eigenvalue weighted by Gasteiger charge is -2.27. The van der Waals surface area contributed by atoms with E-state index < -0.39 is 11.3 Å². The maximum atomic E-state index is 13.9. The van der Waals surface area contributed by atoms with Gasteiger partial charge in [-0.05, 0) is 56.9 Å². The molecule has 2 aromatic heterocycles. The first-order valence-electron chi connectivity index (χ1n) is 13.3. The van der Waals surface area contributed by atoms with Crippen LogP contribution in [0.2, 0.25) is 0 Å². The number of benzene rings is 2. The summed E-state index contributed by atoms with van der Waals surface area (Å²) in [4.78, 5) is 36.4. The van der Waals surface area contributed by atoms with Gasteiger partial charge in [0.25, 0.3) is 5.91 Å². The molecule has 1 unspecified atom stereocenters. The largest absolute Gasteiger partial charge is 0.441 e. The van der Waals surface area contributed by atoms with Gasteiger partial charge in [-0.3, -0.25) is 9.79 Å². The highest BCUT2D eigenvalue weighted by atomic mass is 32.1. The number of nitrogens with zero attached hydrogens (tertiary/aromatic N) is 4. The molecule has 4 aromatic rings. The van der Waals surface area contributed by atoms with Gasteiger partial charge < -0.3 is 19.8 Å². The molecule has 1 saturated heterocycles. The van der Waals surface area contributed by atoms with Crippen LogP contribution in [0.25, 0.3) is 17.2 Å². The van der Waals surface area contributed by atoms with Crippen LogP contribution in [0.5, 0.6) is 0 Å². The van der Waals surface area contributed by atoms with Crippen molar-refractivity contribution in [2.24, 2.45) is 10.7 Å². The molecule has 1 fully saturated rings. The van der Waals surface area contributed by atoms with E-state index in [9.17, 15) is 9.59 Å². The molecule has 1 aliphatic heterocycles. The van der Waals surface area contributed by atoms with Gasteiger partial charge in [-0.25, -0.2) is 14.9 Å². The van der Waals surface area contributed by atoms with E-state index in [0.717, 1.165) is 29.1 Å². The predicted octanol–water partition coefficient (Wildman–Crippen LogP) is 4.75. The van der Waals surface area contributed by atoms with E-state index in [2.05, 4.69) is 26.8 Å². The van der Waals surface area contributed by atoms with Crippen molar-refractivity contribution < 1.29 is 13.9 Å². The highest BCUT2D eigenvalue weighted by Crippen LogP contribution is 2.36. The van der Waals surface area contributed by atoms with Gasteiger partial charge in [-0.2, -0.15) is 0 Å². The van der Waals surface area contributed by atoms with Crippen molar-refractivity contribution >= 4 is 28.9 Å². The van der Waals surface area contributed by atoms with Gasteiger partial charge in [0.2, 0.25) is 11.8 Å². The van der Waals surface area contributed by atoms with Crippen molar-refractivity contribution in [3.05, 3.63) is 98.4 Å². The molecule has 10 nitrogen and oxygen atoms in total. The molecule has 3 N–H and O–H groups in total. The summed E-state index contributed by atoms with van der Waals surface area (Å²) in [6, 6.07) is 14.8. The van der Waals surface area contributed by atoms with Crippen LogP contribution >= 0.6 is 11.3 Å². The van der Waals surface area contributed by atoms with E-state index in [1.165, 1.54) is 0 Å². The van der Waals surface area contributed by atoms with Crippen LogP contribution < -0.4 is 11.5 Å². The van der Waals surface area contributed by atoms with E-state index >= 15 is 0 Å². The van der Waals surface area contributed by atoms with Gasteiger partial charge in [0.1, 0.15) is 10.8 Å². The van der Waals surface area contributed by atoms with Gasteiger partial charge in [-0.15, -0.1) is 16.4 Å². The summed E-state index contributed by atoms with van der Waals surface area (Å²) in [6.07, 6.45) is 2.20. The third-order valence-electron chi connectivity index (χ3n) is 6.95. The molecular formula is C30H32N6O4S. The Morgan fingerprint density at radius 3 is 2.71 bits per heavy atom. The van der Waals surface area contributed by atoms with Gasteiger partial charge in [0.15, 0.2) is 0 Å². The number of nitrogens with one attached hydrogen (secondary N) is 1. The van der Waals surface area contributed by atoms with Crippen molar-refractivity contribution in [3.63, 3.8) is 0 Å². The Bertz CT molecular complexity index is 1650. The zero-order chi connectivity index (χ0) is 29.1. The number of aryl methyl sites for hydroxylation is 1. The Morgan fingerprint density at radius 1 is 1.29 bits per heavy atom. The number of rotatable bonds is 8. The maximum absolute atomic E-state index is 13.9. The first kappa shape index (κ1) is 28.2. The number of hydrogen-bond acceptors (Lipinski definition) is 9. The lowest BCUT2D eigenvalue weighted by molar-refractivity contribution is 0.0735. The highest BCUT2D eigenvalue weighted by molar-refractivity contribution is 7.09. The standard InChI is InChI=1S/C30H32N6O4S/c1-18-17-41-26(33-18)24-11-8-12-36(24)27(37)23-14-21(13-22(15-23)25-34-35-29(38)40-25)19(2)39-28(32-4)30(3,31)16-20-9-6-5-7-10-20/h5-7,9-10,13-15,17,24H,2,8,11-12,16,31H2,1,3-4H3,(H,35,38)/t24?,30-/m0/s1. The second-order valence-electron chi connectivity index (χ2n) is 10.3. The summed E-state index contributed by atoms with van der Waals surface area (Å²) >= 11 is 1.56. The minimum Gasteiger partial charge on any atom is -0.441 e. The molecule has 1 amide bonds. The van der Waals surface area contributed by atoms with E-state index in [4.69, 9.17) is 14.9 Å². The number of carbonyl (C=O) groups is 1. The fourth-order valence-corrected chi connectivity index (χ4v) is 5.98. The number of amides is 1. The second kappa shape index (κ2) is 11.6. The SMILES string of the molecule is C=C(OC(=NC)[C@@](C)(N)Cc1ccccc1)c1cc(C(=O)N2CCCC2c2nc(C)cs2)cc(-c2n[nH]c(=O)o2)c1. The number of ether oxygens (including phenoxy) is 1. The third-order valence-corrected chi connectivity index (χ3v) is 8.01. The molecule has 1 aliphatic rings. The Morgan fingerprint density at radius 2 is 2.05 bits per heavy atom. The summed E-state index contributed by atoms with van der Waals surface area (Å²) < 4.78 is 11.4. The molecule has 41 heavy (non-hydrogen) atoms. The number of H-pyrrole nitrogens is 1. The zero-order valence-corrected chi connectivity index (χ0v) is 24.0. The smallest absolute Gasteiger partial charge is 0.434 e. The van der Waals surface area contributed by atoms with Gasteiger partial charge in [0.05, 0.1) is 11.6 Å². The van der Waals surface area contributed by atoms with Crippen LogP contribution in [0.1, 0.15) is 58.0 Å². The molecule has 0 saturated carbocycles. The molecule has 212 valence electrons. The van der Waals surface area contributed by atoms with E-state index in [-0.39, 0.29) is 29.5 Å². The fourth-order valence-electron chi connectivity index (χ4n) is 5.04. The summed E-state index contributed by atoms with van der Waals surface area (Å²) in [5, 5.41) is 9.14. The Kier molecular flexibility index (Phi) is 8.00. The predicted molar refractivity (Wildman–Crippen MR) is 159 cm³/mol. The lowest BCUT2D eigenvalue weighted by Crippen LogP contribution is -2.48. The van der Waals surface area contributed by atoms with Crippen LogP contribution in [-0.4, -0.2) is 51.0 Å². The number of aromatic nitrogens is 3. The first-order valence-corrected chi connectivity index (χ1v) is 14.1. The van der Waals surface area contributed by atoms with E-state index in [0.29, 0.717) is 29.7 Å². The summed E-state index contributed by atoms with van der Waals surface area (Å²) in [5.41, 5.74) is 8.99. The van der Waals surface area contributed by atoms with Crippen LogP contribution in [0.15, 0.2) is 74.7 Å². The third kappa shape index (κ3) is 6.21. The molecule has 11 heteroatoms. The number of aliphatic imine (C=N–C) groups is 1. The topological polar surface area (TPSA) is 140 Å². The summed E-state index contributed by atoms with van der Waals surface area (Å²) in [7, 11) is 1.61. The van der Waals surface area contributed by atoms with Gasteiger partial charge in [-0.1, -0.05) is 36.9 Å². The number of carbonyl (C=O) groups excluding carboxylic acids is 1. The van der Waals surface area contributed by atoms with Crippen molar-refractivity contribution in [1.29, 1.82) is 0 Å². The van der Waals surface area contributed by atoms with Crippen molar-refractivity contribution in [2.45, 2.75) is 44.7 Å². The van der Waals surface area contributed by atoms with Gasteiger partial charge in [0, 0.05) is 41.4 Å². The number of nitrogens with two attached hydrogens (primary N) is 1. The highest BCUT2D eigenvalue weighted by Gasteiger charge is 2.33. The summed E-state index contributed by atoms with van der Waals surface area (Å²) in [6.45, 7) is 8.51. The fraction of sp³-hybridized carbons (Fsp3) is 0.300. The van der Waals surface area contributed by atoms with Gasteiger partial charge >= 0.3 is 5.76 Å². The first-order chi connectivity index (χ1) is 19.6. The van der Waals surface area contributed by atoms with Crippen LogP contribution in [-0.2, 0) is 11.2 Å². The zero-order valence-electron chi connectivity index (χ0n) is 23.2. The molecule has 2 atom stereocenters. The lowest BCUT2D eigenvalue weighted by atomic mass is 9.93. The minimum absolute atomic E-state index is 0.0457. The average molecular weight is 573 g/mol. The van der Waals surface area contributed by atoms with Crippen LogP contribution in [0.4, 0.5) is 0 Å². The van der Waals surface area contributed by atoms with Crippen molar-refractivity contribution in [1.82, 2.24) is 20.1 Å². The van der Waals surface area contributed by atoms with Crippen molar-refractivity contribution in [3.8, 4) is 11.5 Å². The number of hydrogen-bond donors (Lipinski definition) is 2. The number of aromatic amines is 1. The maximum Gasteiger partial charge on any atom is 0.434 e. The molecule has 3 heterocycles. The second-order valence-corrected chi connectivity index (χ2v) is 11.2. The molecule has 0 aliphatic carbocycles. The molecule has 2 aromatic carbocycles. The van der Waals surface area contributed by atoms with Crippen LogP contribution in [0, 0.1) is 6.92 Å². The molecule has 0 bridgehead atoms. The van der Waals surface area contributed by atoms with Crippen LogP contribution in [0.3, 0.4) is 0 Å². The van der Waals surface area contributed by atoms with Crippen molar-refractivity contribution in [2.75, 3.05) is 13.6 Å². The Labute approximate surface area is 241 Å². The van der Waals surface area contributed by atoms with E-state index in [1.54, 1.807) is 36.6 Å². The molecular weight excluding hydrogens is 540 g/mol. The Balaban J connectivity index is 1.46. The average Bonchev–Trinajstić information content (AvgIpc) is 3.72. The molecule has 5 rings (SSSR count). The summed E-state index contributed by atoms with van der Waals surface area (Å²) in [5.74, 6) is -0.310. The Hall–Kier alpha value is -4.35. The molecule has 0 spiro atoms. The number of likely N-dealkylation sites (tertiary alicyclic amines) is 1. The van der Waals surface area contributed by atoms with E-state index in [1.807, 2.05) is 54.5 Å². The monoisotopic (exact) mass is 572 g/mol.